The van der Waals surface area contributed by atoms with Gasteiger partial charge >= 0.3 is 5.97 Å². The maximum Gasteiger partial charge on any atom is 0.338 e. The summed E-state index contributed by atoms with van der Waals surface area (Å²) in [5, 5.41) is 3.07. The molecule has 7 heteroatoms. The lowest BCUT2D eigenvalue weighted by Crippen LogP contribution is -2.44. The Bertz CT molecular complexity index is 566. The third kappa shape index (κ3) is 5.11. The van der Waals surface area contributed by atoms with Crippen molar-refractivity contribution in [1.29, 1.82) is 0 Å². The van der Waals surface area contributed by atoms with Gasteiger partial charge in [-0.05, 0) is 24.9 Å². The van der Waals surface area contributed by atoms with Crippen molar-refractivity contribution in [2.45, 2.75) is 31.6 Å². The molecule has 2 unspecified atom stereocenters. The molecule has 1 N–H and O–H groups in total. The minimum atomic E-state index is -3.73. The first-order valence-electron chi connectivity index (χ1n) is 6.78. The molecule has 0 spiro atoms. The van der Waals surface area contributed by atoms with Crippen LogP contribution >= 0.6 is 0 Å². The molecule has 0 radical (unpaired) electrons. The molecule has 116 valence electrons. The van der Waals surface area contributed by atoms with Crippen LogP contribution in [-0.2, 0) is 30.4 Å². The van der Waals surface area contributed by atoms with E-state index in [2.05, 4.69) is 5.32 Å². The average molecular weight is 313 g/mol. The number of hydrogen-bond donors (Lipinski definition) is 1. The highest BCUT2D eigenvalue weighted by molar-refractivity contribution is 7.86. The molecule has 2 rings (SSSR count). The van der Waals surface area contributed by atoms with E-state index in [9.17, 15) is 13.2 Å². The predicted molar refractivity (Wildman–Crippen MR) is 77.0 cm³/mol. The van der Waals surface area contributed by atoms with E-state index in [4.69, 9.17) is 8.92 Å². The Labute approximate surface area is 124 Å². The van der Waals surface area contributed by atoms with Crippen LogP contribution < -0.4 is 5.32 Å². The van der Waals surface area contributed by atoms with E-state index in [0.29, 0.717) is 6.42 Å². The molecule has 1 saturated heterocycles. The van der Waals surface area contributed by atoms with Crippen molar-refractivity contribution >= 4 is 16.1 Å². The van der Waals surface area contributed by atoms with E-state index in [0.717, 1.165) is 24.8 Å². The fraction of sp³-hybridized carbons (Fsp3) is 0.500. The molecule has 1 heterocycles. The molecule has 0 bridgehead atoms. The third-order valence-electron chi connectivity index (χ3n) is 3.20. The molecule has 0 amide bonds. The number of nitrogens with one attached hydrogen (secondary N) is 1. The summed E-state index contributed by atoms with van der Waals surface area (Å²) in [7, 11) is -3.73. The monoisotopic (exact) mass is 313 g/mol. The van der Waals surface area contributed by atoms with Gasteiger partial charge in [-0.1, -0.05) is 30.3 Å². The summed E-state index contributed by atoms with van der Waals surface area (Å²) in [5.74, 6) is -0.663. The summed E-state index contributed by atoms with van der Waals surface area (Å²) in [6, 6.07) is 8.87. The van der Waals surface area contributed by atoms with Crippen LogP contribution in [0, 0.1) is 0 Å². The van der Waals surface area contributed by atoms with Gasteiger partial charge in [0.15, 0.2) is 6.10 Å². The maximum atomic E-state index is 12.1. The largest absolute Gasteiger partial charge is 0.459 e. The standard InChI is InChI=1S/C14H19NO5S/c1-21(17,18)20-13(12-8-5-9-15-12)14(16)19-10-11-6-3-2-4-7-11/h2-4,6-7,12-13,15H,5,8-10H2,1H3. The molecular formula is C14H19NO5S. The van der Waals surface area contributed by atoms with Gasteiger partial charge in [0.2, 0.25) is 0 Å². The second-order valence-electron chi connectivity index (χ2n) is 5.02. The van der Waals surface area contributed by atoms with Gasteiger partial charge in [0, 0.05) is 6.04 Å². The first kappa shape index (κ1) is 15.9. The number of ether oxygens (including phenoxy) is 1. The first-order valence-corrected chi connectivity index (χ1v) is 8.59. The lowest BCUT2D eigenvalue weighted by atomic mass is 10.1. The van der Waals surface area contributed by atoms with Crippen molar-refractivity contribution < 1.29 is 22.1 Å². The van der Waals surface area contributed by atoms with Gasteiger partial charge < -0.3 is 10.1 Å². The van der Waals surface area contributed by atoms with Crippen LogP contribution in [0.25, 0.3) is 0 Å². The quantitative estimate of drug-likeness (QED) is 0.619. The Kier molecular flexibility index (Phi) is 5.33. The molecule has 1 aromatic rings. The predicted octanol–water partition coefficient (Wildman–Crippen LogP) is 0.827. The van der Waals surface area contributed by atoms with Gasteiger partial charge in [-0.15, -0.1) is 0 Å². The van der Waals surface area contributed by atoms with Crippen molar-refractivity contribution in [3.63, 3.8) is 0 Å². The van der Waals surface area contributed by atoms with Crippen molar-refractivity contribution in [1.82, 2.24) is 5.32 Å². The van der Waals surface area contributed by atoms with Crippen LogP contribution in [0.5, 0.6) is 0 Å². The van der Waals surface area contributed by atoms with Crippen LogP contribution in [-0.4, -0.2) is 39.3 Å². The number of hydrogen-bond acceptors (Lipinski definition) is 6. The first-order chi connectivity index (χ1) is 9.96. The number of benzene rings is 1. The number of carbonyl (C=O) groups is 1. The van der Waals surface area contributed by atoms with Gasteiger partial charge in [0.25, 0.3) is 10.1 Å². The molecular weight excluding hydrogens is 294 g/mol. The molecule has 0 aromatic heterocycles. The topological polar surface area (TPSA) is 81.7 Å². The van der Waals surface area contributed by atoms with Crippen LogP contribution in [0.3, 0.4) is 0 Å². The zero-order valence-corrected chi connectivity index (χ0v) is 12.6. The summed E-state index contributed by atoms with van der Waals surface area (Å²) < 4.78 is 32.7. The van der Waals surface area contributed by atoms with Crippen LogP contribution in [0.15, 0.2) is 30.3 Å². The van der Waals surface area contributed by atoms with Gasteiger partial charge in [0.05, 0.1) is 6.26 Å². The van der Waals surface area contributed by atoms with Gasteiger partial charge in [-0.25, -0.2) is 4.79 Å². The highest BCUT2D eigenvalue weighted by Crippen LogP contribution is 2.16. The third-order valence-corrected chi connectivity index (χ3v) is 3.76. The SMILES string of the molecule is CS(=O)(=O)OC(C(=O)OCc1ccccc1)C1CCCN1. The Hall–Kier alpha value is -1.44. The number of esters is 1. The van der Waals surface area contributed by atoms with E-state index in [-0.39, 0.29) is 12.6 Å². The molecule has 21 heavy (non-hydrogen) atoms. The zero-order valence-electron chi connectivity index (χ0n) is 11.8. The van der Waals surface area contributed by atoms with Gasteiger partial charge in [0.1, 0.15) is 6.61 Å². The summed E-state index contributed by atoms with van der Waals surface area (Å²) >= 11 is 0. The highest BCUT2D eigenvalue weighted by Gasteiger charge is 2.35. The molecule has 1 aliphatic heterocycles. The minimum Gasteiger partial charge on any atom is -0.459 e. The Morgan fingerprint density at radius 1 is 1.38 bits per heavy atom. The Morgan fingerprint density at radius 2 is 2.10 bits per heavy atom. The lowest BCUT2D eigenvalue weighted by Gasteiger charge is -2.21. The van der Waals surface area contributed by atoms with E-state index >= 15 is 0 Å². The zero-order chi connectivity index (χ0) is 15.3. The minimum absolute atomic E-state index is 0.0933. The Balaban J connectivity index is 2.00. The van der Waals surface area contributed by atoms with Crippen molar-refractivity contribution in [2.75, 3.05) is 12.8 Å². The van der Waals surface area contributed by atoms with Crippen LogP contribution in [0.1, 0.15) is 18.4 Å². The summed E-state index contributed by atoms with van der Waals surface area (Å²) in [5.41, 5.74) is 0.836. The highest BCUT2D eigenvalue weighted by atomic mass is 32.2. The van der Waals surface area contributed by atoms with Gasteiger partial charge in [-0.3, -0.25) is 4.18 Å². The fourth-order valence-electron chi connectivity index (χ4n) is 2.24. The molecule has 1 aromatic carbocycles. The summed E-state index contributed by atoms with van der Waals surface area (Å²) in [6.07, 6.45) is 1.35. The normalized spacial score (nSPS) is 20.1. The maximum absolute atomic E-state index is 12.1. The summed E-state index contributed by atoms with van der Waals surface area (Å²) in [6.45, 7) is 0.830. The number of carbonyl (C=O) groups excluding carboxylic acids is 1. The molecule has 1 aliphatic rings. The fourth-order valence-corrected chi connectivity index (χ4v) is 2.83. The molecule has 1 fully saturated rings. The smallest absolute Gasteiger partial charge is 0.338 e. The second-order valence-corrected chi connectivity index (χ2v) is 6.62. The average Bonchev–Trinajstić information content (AvgIpc) is 2.96. The number of rotatable bonds is 6. The molecule has 0 saturated carbocycles. The lowest BCUT2D eigenvalue weighted by molar-refractivity contribution is -0.154. The molecule has 6 nitrogen and oxygen atoms in total. The molecule has 2 atom stereocenters. The second kappa shape index (κ2) is 7.02. The Morgan fingerprint density at radius 3 is 2.67 bits per heavy atom. The van der Waals surface area contributed by atoms with E-state index in [1.54, 1.807) is 0 Å². The van der Waals surface area contributed by atoms with Gasteiger partial charge in [-0.2, -0.15) is 8.42 Å². The van der Waals surface area contributed by atoms with Crippen molar-refractivity contribution in [2.24, 2.45) is 0 Å². The molecule has 0 aliphatic carbocycles. The van der Waals surface area contributed by atoms with Crippen LogP contribution in [0.4, 0.5) is 0 Å². The van der Waals surface area contributed by atoms with E-state index in [1.807, 2.05) is 30.3 Å². The van der Waals surface area contributed by atoms with Crippen molar-refractivity contribution in [3.8, 4) is 0 Å². The van der Waals surface area contributed by atoms with E-state index in [1.165, 1.54) is 0 Å². The van der Waals surface area contributed by atoms with E-state index < -0.39 is 22.2 Å². The summed E-state index contributed by atoms with van der Waals surface area (Å²) in [4.78, 5) is 12.1. The van der Waals surface area contributed by atoms with Crippen molar-refractivity contribution in [3.05, 3.63) is 35.9 Å². The van der Waals surface area contributed by atoms with Crippen LogP contribution in [0.2, 0.25) is 0 Å².